The Morgan fingerprint density at radius 2 is 1.47 bits per heavy atom. The Bertz CT molecular complexity index is 1080. The lowest BCUT2D eigenvalue weighted by Crippen LogP contribution is -2.52. The van der Waals surface area contributed by atoms with Crippen molar-refractivity contribution in [2.24, 2.45) is 11.8 Å². The van der Waals surface area contributed by atoms with Gasteiger partial charge in [-0.3, -0.25) is 19.2 Å². The number of carbonyl (C=O) groups excluding carboxylic acids is 4. The summed E-state index contributed by atoms with van der Waals surface area (Å²) in [5.74, 6) is -2.85. The van der Waals surface area contributed by atoms with E-state index in [0.717, 1.165) is 27.3 Å². The summed E-state index contributed by atoms with van der Waals surface area (Å²) in [5, 5.41) is 2.25. The van der Waals surface area contributed by atoms with Gasteiger partial charge in [-0.2, -0.15) is 5.01 Å². The molecule has 2 fully saturated rings. The molecule has 2 atom stereocenters. The number of imide groups is 1. The van der Waals surface area contributed by atoms with Gasteiger partial charge in [-0.05, 0) is 43.2 Å². The maximum Gasteiger partial charge on any atom is 0.273 e. The number of hydrogen-bond donors (Lipinski definition) is 0. The molecule has 9 heteroatoms. The first kappa shape index (κ1) is 23.0. The number of carbonyl (C=O) groups is 4. The Balaban J connectivity index is 1.70. The van der Waals surface area contributed by atoms with E-state index in [1.54, 1.807) is 24.3 Å². The molecule has 0 spiro atoms. The van der Waals surface area contributed by atoms with E-state index in [1.807, 2.05) is 0 Å². The molecular weight excluding hydrogens is 519 g/mol. The Hall–Kier alpha value is -2.22. The van der Waals surface area contributed by atoms with Crippen molar-refractivity contribution in [3.8, 4) is 0 Å². The quantitative estimate of drug-likeness (QED) is 0.389. The van der Waals surface area contributed by atoms with Crippen LogP contribution in [-0.4, -0.2) is 40.1 Å². The van der Waals surface area contributed by atoms with Crippen molar-refractivity contribution < 1.29 is 19.2 Å². The number of amides is 3. The molecule has 6 nitrogen and oxygen atoms in total. The molecule has 1 saturated carbocycles. The van der Waals surface area contributed by atoms with Crippen LogP contribution >= 0.6 is 39.1 Å². The lowest BCUT2D eigenvalue weighted by Gasteiger charge is -2.30. The van der Waals surface area contributed by atoms with Crippen molar-refractivity contribution in [2.75, 3.05) is 6.54 Å². The van der Waals surface area contributed by atoms with E-state index in [2.05, 4.69) is 15.9 Å². The molecule has 0 bridgehead atoms. The average Bonchev–Trinajstić information content (AvgIpc) is 3.04. The second-order valence-electron chi connectivity index (χ2n) is 7.91. The highest BCUT2D eigenvalue weighted by Crippen LogP contribution is 2.39. The molecule has 1 heterocycles. The lowest BCUT2D eigenvalue weighted by atomic mass is 9.81. The standard InChI is InChI=1S/C23H19BrCl2N2O4/c24-15-8-5-13(6-9-15)20(29)12-27(21(30)14-7-10-18(25)19(26)11-14)28-22(31)16-3-1-2-4-17(16)23(28)32/h5-11,16-17H,1-4,12H2/t16-,17-/m0/s1. The van der Waals surface area contributed by atoms with E-state index in [-0.39, 0.29) is 15.6 Å². The van der Waals surface area contributed by atoms with Crippen molar-refractivity contribution in [1.29, 1.82) is 0 Å². The first-order valence-corrected chi connectivity index (χ1v) is 11.8. The summed E-state index contributed by atoms with van der Waals surface area (Å²) in [6, 6.07) is 10.9. The van der Waals surface area contributed by atoms with Gasteiger partial charge in [-0.1, -0.05) is 64.1 Å². The second-order valence-corrected chi connectivity index (χ2v) is 9.64. The molecule has 32 heavy (non-hydrogen) atoms. The van der Waals surface area contributed by atoms with Gasteiger partial charge in [0.05, 0.1) is 21.9 Å². The van der Waals surface area contributed by atoms with E-state index in [4.69, 9.17) is 23.2 Å². The molecule has 3 amide bonds. The summed E-state index contributed by atoms with van der Waals surface area (Å²) in [4.78, 5) is 52.7. The van der Waals surface area contributed by atoms with Crippen LogP contribution in [-0.2, 0) is 9.59 Å². The number of halogens is 3. The first-order valence-electron chi connectivity index (χ1n) is 10.2. The van der Waals surface area contributed by atoms with Gasteiger partial charge < -0.3 is 0 Å². The summed E-state index contributed by atoms with van der Waals surface area (Å²) in [7, 11) is 0. The molecule has 2 aromatic carbocycles. The Morgan fingerprint density at radius 3 is 2.03 bits per heavy atom. The van der Waals surface area contributed by atoms with E-state index >= 15 is 0 Å². The molecule has 0 aromatic heterocycles. The van der Waals surface area contributed by atoms with Gasteiger partial charge in [-0.15, -0.1) is 0 Å². The number of nitrogens with zero attached hydrogens (tertiary/aromatic N) is 2. The normalized spacial score (nSPS) is 20.3. The third kappa shape index (κ3) is 4.34. The Kier molecular flexibility index (Phi) is 6.70. The number of benzene rings is 2. The molecular formula is C23H19BrCl2N2O4. The van der Waals surface area contributed by atoms with Crippen LogP contribution in [0.1, 0.15) is 46.4 Å². The zero-order valence-corrected chi connectivity index (χ0v) is 20.0. The number of hydrogen-bond acceptors (Lipinski definition) is 4. The Morgan fingerprint density at radius 1 is 0.906 bits per heavy atom. The van der Waals surface area contributed by atoms with Gasteiger partial charge in [-0.25, -0.2) is 5.01 Å². The zero-order chi connectivity index (χ0) is 23.0. The van der Waals surface area contributed by atoms with Crippen molar-refractivity contribution in [2.45, 2.75) is 25.7 Å². The molecule has 0 N–H and O–H groups in total. The largest absolute Gasteiger partial charge is 0.292 e. The molecule has 4 rings (SSSR count). The summed E-state index contributed by atoms with van der Waals surface area (Å²) in [5.41, 5.74) is 0.482. The smallest absolute Gasteiger partial charge is 0.273 e. The number of hydrazine groups is 1. The minimum atomic E-state index is -0.672. The average molecular weight is 538 g/mol. The molecule has 2 aliphatic rings. The highest BCUT2D eigenvalue weighted by atomic mass is 79.9. The van der Waals surface area contributed by atoms with Crippen LogP contribution < -0.4 is 0 Å². The fourth-order valence-corrected chi connectivity index (χ4v) is 4.82. The van der Waals surface area contributed by atoms with Crippen molar-refractivity contribution in [1.82, 2.24) is 10.0 Å². The third-order valence-corrected chi connectivity index (χ3v) is 7.19. The Labute approximate surface area is 203 Å². The maximum atomic E-state index is 13.4. The monoisotopic (exact) mass is 536 g/mol. The molecule has 0 radical (unpaired) electrons. The van der Waals surface area contributed by atoms with Crippen LogP contribution in [0.5, 0.6) is 0 Å². The minimum Gasteiger partial charge on any atom is -0.292 e. The van der Waals surface area contributed by atoms with Crippen molar-refractivity contribution >= 4 is 62.6 Å². The predicted octanol–water partition coefficient (Wildman–Crippen LogP) is 5.17. The van der Waals surface area contributed by atoms with Crippen molar-refractivity contribution in [3.63, 3.8) is 0 Å². The summed E-state index contributed by atoms with van der Waals surface area (Å²) >= 11 is 15.4. The van der Waals surface area contributed by atoms with Gasteiger partial charge in [0, 0.05) is 15.6 Å². The van der Waals surface area contributed by atoms with Gasteiger partial charge in [0.1, 0.15) is 6.54 Å². The first-order chi connectivity index (χ1) is 15.3. The fraction of sp³-hybridized carbons (Fsp3) is 0.304. The highest BCUT2D eigenvalue weighted by molar-refractivity contribution is 9.10. The summed E-state index contributed by atoms with van der Waals surface area (Å²) in [6.07, 6.45) is 2.90. The number of rotatable bonds is 5. The van der Waals surface area contributed by atoms with E-state index in [0.29, 0.717) is 18.4 Å². The van der Waals surface area contributed by atoms with Crippen LogP contribution in [0.2, 0.25) is 10.0 Å². The van der Waals surface area contributed by atoms with Gasteiger partial charge in [0.15, 0.2) is 5.78 Å². The summed E-state index contributed by atoms with van der Waals surface area (Å²) < 4.78 is 0.798. The SMILES string of the molecule is O=C(CN(C(=O)c1ccc(Cl)c(Cl)c1)N1C(=O)[C@H]2CCCC[C@@H]2C1=O)c1ccc(Br)cc1. The third-order valence-electron chi connectivity index (χ3n) is 5.92. The molecule has 1 aliphatic heterocycles. The molecule has 0 unspecified atom stereocenters. The molecule has 1 aliphatic carbocycles. The van der Waals surface area contributed by atoms with Crippen LogP contribution in [0.25, 0.3) is 0 Å². The maximum absolute atomic E-state index is 13.4. The molecule has 2 aromatic rings. The predicted molar refractivity (Wildman–Crippen MR) is 123 cm³/mol. The summed E-state index contributed by atoms with van der Waals surface area (Å²) in [6.45, 7) is -0.461. The molecule has 166 valence electrons. The van der Waals surface area contributed by atoms with Crippen LogP contribution in [0.3, 0.4) is 0 Å². The van der Waals surface area contributed by atoms with E-state index in [1.165, 1.54) is 18.2 Å². The molecule has 1 saturated heterocycles. The van der Waals surface area contributed by atoms with E-state index < -0.39 is 41.9 Å². The zero-order valence-electron chi connectivity index (χ0n) is 16.9. The van der Waals surface area contributed by atoms with Crippen LogP contribution in [0, 0.1) is 11.8 Å². The number of fused-ring (bicyclic) bond motifs is 1. The lowest BCUT2D eigenvalue weighted by molar-refractivity contribution is -0.154. The number of Topliss-reactive ketones (excluding diaryl/α,β-unsaturated/α-hetero) is 1. The second kappa shape index (κ2) is 9.33. The van der Waals surface area contributed by atoms with Gasteiger partial charge in [0.2, 0.25) is 0 Å². The number of ketones is 1. The van der Waals surface area contributed by atoms with Gasteiger partial charge in [0.25, 0.3) is 17.7 Å². The minimum absolute atomic E-state index is 0.124. The van der Waals surface area contributed by atoms with Crippen LogP contribution in [0.15, 0.2) is 46.9 Å². The van der Waals surface area contributed by atoms with Crippen molar-refractivity contribution in [3.05, 3.63) is 68.1 Å². The topological polar surface area (TPSA) is 74.8 Å². The fourth-order valence-electron chi connectivity index (χ4n) is 4.26. The van der Waals surface area contributed by atoms with E-state index in [9.17, 15) is 19.2 Å². The highest BCUT2D eigenvalue weighted by Gasteiger charge is 2.51. The van der Waals surface area contributed by atoms with Crippen LogP contribution in [0.4, 0.5) is 0 Å². The van der Waals surface area contributed by atoms with Gasteiger partial charge >= 0.3 is 0 Å².